The maximum Gasteiger partial charge on any atom is 0.293 e. The second kappa shape index (κ2) is 8.22. The van der Waals surface area contributed by atoms with E-state index >= 15 is 0 Å². The van der Waals surface area contributed by atoms with Gasteiger partial charge in [-0.3, -0.25) is 9.59 Å². The van der Waals surface area contributed by atoms with E-state index < -0.39 is 17.2 Å². The van der Waals surface area contributed by atoms with Gasteiger partial charge in [0.15, 0.2) is 5.75 Å². The van der Waals surface area contributed by atoms with Gasteiger partial charge in [-0.15, -0.1) is 0 Å². The zero-order chi connectivity index (χ0) is 17.7. The number of hydrogen-bond donors (Lipinski definition) is 2. The first kappa shape index (κ1) is 18.4. The zero-order valence-electron chi connectivity index (χ0n) is 13.2. The van der Waals surface area contributed by atoms with E-state index in [1.54, 1.807) is 19.1 Å². The van der Waals surface area contributed by atoms with Gasteiger partial charge in [-0.05, 0) is 43.5 Å². The van der Waals surface area contributed by atoms with E-state index in [1.165, 1.54) is 16.8 Å². The highest BCUT2D eigenvalue weighted by molar-refractivity contribution is 6.42. The smallest absolute Gasteiger partial charge is 0.293 e. The maximum atomic E-state index is 12.1. The van der Waals surface area contributed by atoms with Crippen LogP contribution in [0.3, 0.4) is 0 Å². The molecular formula is C17H18Cl2N2O3. The molecule has 0 unspecified atom stereocenters. The molecular weight excluding hydrogens is 351 g/mol. The minimum atomic E-state index is -0.569. The number of aryl methyl sites for hydroxylation is 2. The summed E-state index contributed by atoms with van der Waals surface area (Å²) in [6.45, 7) is 2.62. The maximum absolute atomic E-state index is 12.1. The topological polar surface area (TPSA) is 71.3 Å². The normalized spacial score (nSPS) is 10.6. The van der Waals surface area contributed by atoms with Crippen LogP contribution in [0.15, 0.2) is 35.3 Å². The predicted octanol–water partition coefficient (Wildman–Crippen LogP) is 3.24. The lowest BCUT2D eigenvalue weighted by Gasteiger charge is -2.09. The number of nitrogens with one attached hydrogen (secondary N) is 1. The van der Waals surface area contributed by atoms with Crippen LogP contribution in [0.1, 0.15) is 29.3 Å². The Morgan fingerprint density at radius 1 is 1.25 bits per heavy atom. The molecule has 1 aromatic carbocycles. The largest absolute Gasteiger partial charge is 0.502 e. The number of nitrogens with zero attached hydrogens (tertiary/aromatic N) is 1. The van der Waals surface area contributed by atoms with Crippen LogP contribution >= 0.6 is 23.2 Å². The quantitative estimate of drug-likeness (QED) is 0.768. The molecule has 2 N–H and O–H groups in total. The molecule has 0 spiro atoms. The van der Waals surface area contributed by atoms with Crippen LogP contribution in [-0.4, -0.2) is 22.1 Å². The summed E-state index contributed by atoms with van der Waals surface area (Å²) in [6.07, 6.45) is 2.91. The molecule has 0 bridgehead atoms. The average Bonchev–Trinajstić information content (AvgIpc) is 2.57. The van der Waals surface area contributed by atoms with E-state index in [0.717, 1.165) is 12.0 Å². The van der Waals surface area contributed by atoms with E-state index in [0.29, 0.717) is 29.6 Å². The van der Waals surface area contributed by atoms with Crippen molar-refractivity contribution in [2.45, 2.75) is 26.3 Å². The molecule has 24 heavy (non-hydrogen) atoms. The van der Waals surface area contributed by atoms with Crippen molar-refractivity contribution in [1.29, 1.82) is 0 Å². The third-order valence-corrected chi connectivity index (χ3v) is 4.38. The number of carbonyl (C=O) groups is 1. The van der Waals surface area contributed by atoms with Crippen LogP contribution in [-0.2, 0) is 13.0 Å². The van der Waals surface area contributed by atoms with Gasteiger partial charge in [-0.2, -0.15) is 0 Å². The lowest BCUT2D eigenvalue weighted by atomic mass is 10.1. The van der Waals surface area contributed by atoms with Crippen molar-refractivity contribution >= 4 is 29.1 Å². The highest BCUT2D eigenvalue weighted by Crippen LogP contribution is 2.23. The molecule has 0 radical (unpaired) electrons. The Hall–Kier alpha value is -1.98. The molecule has 1 aromatic heterocycles. The molecule has 2 rings (SSSR count). The summed E-state index contributed by atoms with van der Waals surface area (Å²) in [5, 5.41) is 13.5. The molecule has 0 aliphatic carbocycles. The first-order valence-corrected chi connectivity index (χ1v) is 8.34. The summed E-state index contributed by atoms with van der Waals surface area (Å²) in [5.41, 5.74) is 0.437. The van der Waals surface area contributed by atoms with Gasteiger partial charge in [-0.25, -0.2) is 0 Å². The standard InChI is InChI=1S/C17H18Cl2N2O3/c1-2-21-9-7-12(15(22)17(21)24)16(23)20-8-3-4-11-5-6-13(18)14(19)10-11/h5-7,9-10,22H,2-4,8H2,1H3,(H,20,23). The zero-order valence-corrected chi connectivity index (χ0v) is 14.7. The molecule has 1 amide bonds. The van der Waals surface area contributed by atoms with Gasteiger partial charge in [0.1, 0.15) is 0 Å². The highest BCUT2D eigenvalue weighted by atomic mass is 35.5. The number of halogens is 2. The average molecular weight is 369 g/mol. The van der Waals surface area contributed by atoms with Crippen molar-refractivity contribution in [2.24, 2.45) is 0 Å². The molecule has 2 aromatic rings. The summed E-state index contributed by atoms with van der Waals surface area (Å²) in [6, 6.07) is 6.85. The number of benzene rings is 1. The molecule has 0 saturated heterocycles. The molecule has 0 atom stereocenters. The SMILES string of the molecule is CCn1ccc(C(=O)NCCCc2ccc(Cl)c(Cl)c2)c(O)c1=O. The van der Waals surface area contributed by atoms with Crippen molar-refractivity contribution < 1.29 is 9.90 Å². The number of amides is 1. The van der Waals surface area contributed by atoms with Gasteiger partial charge in [0, 0.05) is 19.3 Å². The highest BCUT2D eigenvalue weighted by Gasteiger charge is 2.14. The first-order chi connectivity index (χ1) is 11.4. The lowest BCUT2D eigenvalue weighted by molar-refractivity contribution is 0.0950. The van der Waals surface area contributed by atoms with Crippen LogP contribution in [0.4, 0.5) is 0 Å². The van der Waals surface area contributed by atoms with Gasteiger partial charge in [0.2, 0.25) is 0 Å². The van der Waals surface area contributed by atoms with E-state index in [2.05, 4.69) is 5.32 Å². The van der Waals surface area contributed by atoms with Crippen molar-refractivity contribution in [3.05, 3.63) is 62.0 Å². The van der Waals surface area contributed by atoms with Crippen molar-refractivity contribution in [1.82, 2.24) is 9.88 Å². The number of pyridine rings is 1. The lowest BCUT2D eigenvalue weighted by Crippen LogP contribution is -2.28. The van der Waals surface area contributed by atoms with Crippen LogP contribution in [0.2, 0.25) is 10.0 Å². The first-order valence-electron chi connectivity index (χ1n) is 7.58. The van der Waals surface area contributed by atoms with Gasteiger partial charge in [-0.1, -0.05) is 29.3 Å². The number of carbonyl (C=O) groups excluding carboxylic acids is 1. The Kier molecular flexibility index (Phi) is 6.29. The molecule has 0 saturated carbocycles. The molecule has 128 valence electrons. The van der Waals surface area contributed by atoms with Crippen molar-refractivity contribution in [3.63, 3.8) is 0 Å². The molecule has 0 aliphatic heterocycles. The second-order valence-corrected chi connectivity index (χ2v) is 6.09. The van der Waals surface area contributed by atoms with Crippen LogP contribution in [0.5, 0.6) is 5.75 Å². The molecule has 0 fully saturated rings. The minimum absolute atomic E-state index is 0.0146. The summed E-state index contributed by atoms with van der Waals surface area (Å²) < 4.78 is 1.33. The summed E-state index contributed by atoms with van der Waals surface area (Å²) in [5.74, 6) is -0.997. The number of rotatable bonds is 6. The molecule has 5 nitrogen and oxygen atoms in total. The number of hydrogen-bond acceptors (Lipinski definition) is 3. The van der Waals surface area contributed by atoms with Crippen molar-refractivity contribution in [2.75, 3.05) is 6.54 Å². The van der Waals surface area contributed by atoms with E-state index in [4.69, 9.17) is 23.2 Å². The van der Waals surface area contributed by atoms with Crippen molar-refractivity contribution in [3.8, 4) is 5.75 Å². The van der Waals surface area contributed by atoms with E-state index in [1.807, 2.05) is 6.07 Å². The second-order valence-electron chi connectivity index (χ2n) is 5.28. The van der Waals surface area contributed by atoms with E-state index in [-0.39, 0.29) is 5.56 Å². The summed E-state index contributed by atoms with van der Waals surface area (Å²) in [7, 11) is 0. The Morgan fingerprint density at radius 2 is 2.00 bits per heavy atom. The van der Waals surface area contributed by atoms with Gasteiger partial charge >= 0.3 is 0 Å². The Bertz CT molecular complexity index is 803. The van der Waals surface area contributed by atoms with Gasteiger partial charge < -0.3 is 15.0 Å². The van der Waals surface area contributed by atoms with Gasteiger partial charge in [0.25, 0.3) is 11.5 Å². The minimum Gasteiger partial charge on any atom is -0.502 e. The Morgan fingerprint density at radius 3 is 2.67 bits per heavy atom. The fourth-order valence-electron chi connectivity index (χ4n) is 2.28. The Labute approximate surface area is 149 Å². The third-order valence-electron chi connectivity index (χ3n) is 3.64. The van der Waals surface area contributed by atoms with Crippen LogP contribution < -0.4 is 10.9 Å². The molecule has 7 heteroatoms. The Balaban J connectivity index is 1.90. The number of aromatic hydroxyl groups is 1. The third kappa shape index (κ3) is 4.30. The van der Waals surface area contributed by atoms with Crippen LogP contribution in [0.25, 0.3) is 0 Å². The summed E-state index contributed by atoms with van der Waals surface area (Å²) in [4.78, 5) is 23.9. The van der Waals surface area contributed by atoms with Gasteiger partial charge in [0.05, 0.1) is 15.6 Å². The fourth-order valence-corrected chi connectivity index (χ4v) is 2.60. The van der Waals surface area contributed by atoms with Crippen LogP contribution in [0, 0.1) is 0 Å². The molecule has 0 aliphatic rings. The molecule has 1 heterocycles. The monoisotopic (exact) mass is 368 g/mol. The fraction of sp³-hybridized carbons (Fsp3) is 0.294. The summed E-state index contributed by atoms with van der Waals surface area (Å²) >= 11 is 11.8. The number of aromatic nitrogens is 1. The van der Waals surface area contributed by atoms with E-state index in [9.17, 15) is 14.7 Å². The predicted molar refractivity (Wildman–Crippen MR) is 95.2 cm³/mol.